The van der Waals surface area contributed by atoms with Crippen molar-refractivity contribution in [2.45, 2.75) is 0 Å². The molecule has 1 nitrogen and oxygen atoms in total. The summed E-state index contributed by atoms with van der Waals surface area (Å²) in [5.41, 5.74) is 9.66. The van der Waals surface area contributed by atoms with Crippen molar-refractivity contribution in [1.29, 1.82) is 0 Å². The molecule has 0 radical (unpaired) electrons. The van der Waals surface area contributed by atoms with Gasteiger partial charge in [0.15, 0.2) is 0 Å². The maximum absolute atomic E-state index is 3.73. The van der Waals surface area contributed by atoms with Gasteiger partial charge < -0.3 is 5.32 Å². The lowest BCUT2D eigenvalue weighted by molar-refractivity contribution is 1.56. The molecule has 0 aliphatic carbocycles. The second-order valence-electron chi connectivity index (χ2n) is 10.6. The van der Waals surface area contributed by atoms with Crippen LogP contribution in [-0.4, -0.2) is 0 Å². The van der Waals surface area contributed by atoms with Gasteiger partial charge in [-0.2, -0.15) is 0 Å². The van der Waals surface area contributed by atoms with Crippen molar-refractivity contribution in [2.24, 2.45) is 0 Å². The van der Waals surface area contributed by atoms with Crippen molar-refractivity contribution in [1.82, 2.24) is 0 Å². The molecule has 1 N–H and O–H groups in total. The summed E-state index contributed by atoms with van der Waals surface area (Å²) in [7, 11) is 0. The van der Waals surface area contributed by atoms with E-state index in [-0.39, 0.29) is 0 Å². The molecular formula is C40H27NS. The lowest BCUT2D eigenvalue weighted by Gasteiger charge is -2.10. The zero-order valence-electron chi connectivity index (χ0n) is 22.9. The predicted molar refractivity (Wildman–Crippen MR) is 183 cm³/mol. The van der Waals surface area contributed by atoms with Gasteiger partial charge in [-0.25, -0.2) is 0 Å². The number of thiophene rings is 1. The molecule has 1 heterocycles. The van der Waals surface area contributed by atoms with E-state index in [1.165, 1.54) is 64.3 Å². The Balaban J connectivity index is 1.17. The van der Waals surface area contributed by atoms with Crippen molar-refractivity contribution in [3.05, 3.63) is 158 Å². The Morgan fingerprint density at radius 3 is 1.64 bits per heavy atom. The lowest BCUT2D eigenvalue weighted by atomic mass is 9.96. The van der Waals surface area contributed by atoms with Crippen LogP contribution in [0.3, 0.4) is 0 Å². The molecule has 0 saturated heterocycles. The molecule has 0 atom stereocenters. The van der Waals surface area contributed by atoms with Crippen LogP contribution in [0.25, 0.3) is 64.3 Å². The summed E-state index contributed by atoms with van der Waals surface area (Å²) in [5.74, 6) is 0. The largest absolute Gasteiger partial charge is 0.354 e. The quantitative estimate of drug-likeness (QED) is 0.223. The maximum Gasteiger partial charge on any atom is 0.0590 e. The summed E-state index contributed by atoms with van der Waals surface area (Å²) in [4.78, 5) is 0. The second-order valence-corrected chi connectivity index (χ2v) is 11.7. The monoisotopic (exact) mass is 553 g/mol. The highest BCUT2D eigenvalue weighted by molar-refractivity contribution is 7.27. The van der Waals surface area contributed by atoms with E-state index in [2.05, 4.69) is 163 Å². The van der Waals surface area contributed by atoms with Crippen molar-refractivity contribution in [3.8, 4) is 33.4 Å². The molecule has 0 bridgehead atoms. The minimum atomic E-state index is 1.08. The van der Waals surface area contributed by atoms with Crippen LogP contribution in [0, 0.1) is 0 Å². The summed E-state index contributed by atoms with van der Waals surface area (Å²) in [6.07, 6.45) is 0. The molecule has 0 spiro atoms. The van der Waals surface area contributed by atoms with Gasteiger partial charge in [0, 0.05) is 26.7 Å². The Bertz CT molecular complexity index is 2180. The molecule has 0 fully saturated rings. The fourth-order valence-electron chi connectivity index (χ4n) is 5.97. The van der Waals surface area contributed by atoms with E-state index in [1.807, 2.05) is 11.3 Å². The molecule has 2 heteroatoms. The van der Waals surface area contributed by atoms with Gasteiger partial charge in [-0.3, -0.25) is 0 Å². The van der Waals surface area contributed by atoms with E-state index < -0.39 is 0 Å². The van der Waals surface area contributed by atoms with Gasteiger partial charge in [-0.1, -0.05) is 133 Å². The standard InChI is InChI=1S/C40H27NS/c1-3-10-27(11-4-1)28-18-20-29(21-19-28)30-22-24-33(25-23-30)41-37-17-9-16-35-38-34-15-8-7-14-32(34)26-36(40(38)42-39(35)37)31-12-5-2-6-13-31/h1-26,41H. The van der Waals surface area contributed by atoms with Gasteiger partial charge in [0.1, 0.15) is 0 Å². The van der Waals surface area contributed by atoms with Crippen molar-refractivity contribution in [3.63, 3.8) is 0 Å². The van der Waals surface area contributed by atoms with E-state index in [9.17, 15) is 0 Å². The van der Waals surface area contributed by atoms with Crippen LogP contribution in [0.2, 0.25) is 0 Å². The number of rotatable bonds is 5. The third-order valence-corrected chi connectivity index (χ3v) is 9.34. The SMILES string of the molecule is c1ccc(-c2ccc(-c3ccc(Nc4cccc5c4sc4c(-c6ccccc6)cc6ccccc6c45)cc3)cc2)cc1. The van der Waals surface area contributed by atoms with Crippen LogP contribution < -0.4 is 5.32 Å². The Labute approximate surface area is 249 Å². The zero-order chi connectivity index (χ0) is 27.9. The van der Waals surface area contributed by atoms with E-state index >= 15 is 0 Å². The Morgan fingerprint density at radius 2 is 0.952 bits per heavy atom. The fourth-order valence-corrected chi connectivity index (χ4v) is 7.29. The Hall–Kier alpha value is -5.18. The highest BCUT2D eigenvalue weighted by atomic mass is 32.1. The summed E-state index contributed by atoms with van der Waals surface area (Å²) in [6.45, 7) is 0. The maximum atomic E-state index is 3.73. The molecule has 0 unspecified atom stereocenters. The molecule has 0 amide bonds. The average Bonchev–Trinajstić information content (AvgIpc) is 3.47. The number of anilines is 2. The molecule has 0 aliphatic heterocycles. The first-order valence-corrected chi connectivity index (χ1v) is 15.1. The van der Waals surface area contributed by atoms with Crippen LogP contribution in [0.4, 0.5) is 11.4 Å². The van der Waals surface area contributed by atoms with Crippen molar-refractivity contribution in [2.75, 3.05) is 5.32 Å². The van der Waals surface area contributed by atoms with E-state index in [0.717, 1.165) is 11.4 Å². The Morgan fingerprint density at radius 1 is 0.405 bits per heavy atom. The van der Waals surface area contributed by atoms with Gasteiger partial charge >= 0.3 is 0 Å². The van der Waals surface area contributed by atoms with E-state index in [1.54, 1.807) is 0 Å². The first-order chi connectivity index (χ1) is 20.8. The smallest absolute Gasteiger partial charge is 0.0590 e. The summed E-state index contributed by atoms with van der Waals surface area (Å²) < 4.78 is 2.61. The summed E-state index contributed by atoms with van der Waals surface area (Å²) >= 11 is 1.88. The zero-order valence-corrected chi connectivity index (χ0v) is 23.7. The van der Waals surface area contributed by atoms with Gasteiger partial charge in [-0.05, 0) is 62.9 Å². The fraction of sp³-hybridized carbons (Fsp3) is 0. The molecule has 7 aromatic carbocycles. The molecule has 8 rings (SSSR count). The number of nitrogens with one attached hydrogen (secondary N) is 1. The molecule has 0 saturated carbocycles. The molecule has 8 aromatic rings. The van der Waals surface area contributed by atoms with Crippen LogP contribution in [-0.2, 0) is 0 Å². The number of hydrogen-bond donors (Lipinski definition) is 1. The highest BCUT2D eigenvalue weighted by Gasteiger charge is 2.16. The number of hydrogen-bond acceptors (Lipinski definition) is 2. The molecule has 1 aromatic heterocycles. The van der Waals surface area contributed by atoms with Crippen LogP contribution >= 0.6 is 11.3 Å². The predicted octanol–water partition coefficient (Wildman–Crippen LogP) is 12.0. The highest BCUT2D eigenvalue weighted by Crippen LogP contribution is 2.46. The Kier molecular flexibility index (Phi) is 6.05. The minimum Gasteiger partial charge on any atom is -0.354 e. The van der Waals surface area contributed by atoms with Crippen molar-refractivity contribution >= 4 is 53.7 Å². The van der Waals surface area contributed by atoms with Gasteiger partial charge in [-0.15, -0.1) is 11.3 Å². The van der Waals surface area contributed by atoms with Gasteiger partial charge in [0.05, 0.1) is 10.4 Å². The van der Waals surface area contributed by atoms with Crippen molar-refractivity contribution < 1.29 is 0 Å². The summed E-state index contributed by atoms with van der Waals surface area (Å²) in [5, 5.41) is 8.94. The minimum absolute atomic E-state index is 1.08. The molecule has 0 aliphatic rings. The first kappa shape index (κ1) is 24.6. The summed E-state index contributed by atoms with van der Waals surface area (Å²) in [6, 6.07) is 56.6. The first-order valence-electron chi connectivity index (χ1n) is 14.3. The lowest BCUT2D eigenvalue weighted by Crippen LogP contribution is -1.90. The van der Waals surface area contributed by atoms with Crippen LogP contribution in [0.1, 0.15) is 0 Å². The van der Waals surface area contributed by atoms with Crippen LogP contribution in [0.5, 0.6) is 0 Å². The third-order valence-electron chi connectivity index (χ3n) is 8.06. The topological polar surface area (TPSA) is 12.0 Å². The van der Waals surface area contributed by atoms with E-state index in [0.29, 0.717) is 0 Å². The molecule has 198 valence electrons. The molecule has 42 heavy (non-hydrogen) atoms. The average molecular weight is 554 g/mol. The number of benzene rings is 7. The van der Waals surface area contributed by atoms with Gasteiger partial charge in [0.25, 0.3) is 0 Å². The van der Waals surface area contributed by atoms with Gasteiger partial charge in [0.2, 0.25) is 0 Å². The van der Waals surface area contributed by atoms with E-state index in [4.69, 9.17) is 0 Å². The third kappa shape index (κ3) is 4.34. The molecular weight excluding hydrogens is 527 g/mol. The normalized spacial score (nSPS) is 11.3. The second kappa shape index (κ2) is 10.3. The number of fused-ring (bicyclic) bond motifs is 5. The van der Waals surface area contributed by atoms with Crippen LogP contribution in [0.15, 0.2) is 158 Å².